The molecule has 2 aromatic carbocycles. The molecule has 0 radical (unpaired) electrons. The minimum absolute atomic E-state index is 0.159. The van der Waals surface area contributed by atoms with Crippen LogP contribution < -0.4 is 11.1 Å². The van der Waals surface area contributed by atoms with E-state index < -0.39 is 0 Å². The molecular weight excluding hydrogens is 372 g/mol. The van der Waals surface area contributed by atoms with Crippen LogP contribution in [0.2, 0.25) is 0 Å². The van der Waals surface area contributed by atoms with Crippen molar-refractivity contribution in [2.75, 3.05) is 5.32 Å². The number of rotatable bonds is 3. The van der Waals surface area contributed by atoms with E-state index in [4.69, 9.17) is 5.73 Å². The number of carbonyl (C=O) groups excluding carboxylic acids is 1. The molecular formula is C14H12Br2N2O. The molecule has 0 aliphatic heterocycles. The van der Waals surface area contributed by atoms with Crippen LogP contribution in [-0.2, 0) is 6.54 Å². The van der Waals surface area contributed by atoms with E-state index in [0.29, 0.717) is 12.1 Å². The molecule has 5 heteroatoms. The molecule has 0 saturated carbocycles. The van der Waals surface area contributed by atoms with Crippen LogP contribution in [0.5, 0.6) is 0 Å². The third-order valence-corrected chi connectivity index (χ3v) is 3.75. The topological polar surface area (TPSA) is 55.1 Å². The molecule has 0 aromatic heterocycles. The van der Waals surface area contributed by atoms with Crippen LogP contribution >= 0.6 is 31.9 Å². The van der Waals surface area contributed by atoms with Crippen molar-refractivity contribution in [3.63, 3.8) is 0 Å². The molecule has 3 N–H and O–H groups in total. The summed E-state index contributed by atoms with van der Waals surface area (Å²) in [6.45, 7) is 0.450. The van der Waals surface area contributed by atoms with Crippen molar-refractivity contribution in [1.29, 1.82) is 0 Å². The first-order valence-corrected chi connectivity index (χ1v) is 7.24. The molecule has 0 saturated heterocycles. The normalized spacial score (nSPS) is 10.3. The Bertz CT molecular complexity index is 614. The Labute approximate surface area is 128 Å². The van der Waals surface area contributed by atoms with E-state index in [0.717, 1.165) is 20.2 Å². The Hall–Kier alpha value is -1.17. The fourth-order valence-electron chi connectivity index (χ4n) is 1.65. The number of anilines is 1. The second kappa shape index (κ2) is 6.32. The molecule has 0 bridgehead atoms. The van der Waals surface area contributed by atoms with E-state index in [-0.39, 0.29) is 5.91 Å². The third-order valence-electron chi connectivity index (χ3n) is 2.60. The lowest BCUT2D eigenvalue weighted by Gasteiger charge is -2.08. The maximum Gasteiger partial charge on any atom is 0.256 e. The van der Waals surface area contributed by atoms with E-state index >= 15 is 0 Å². The number of halogens is 2. The third kappa shape index (κ3) is 3.65. The van der Waals surface area contributed by atoms with Crippen molar-refractivity contribution in [1.82, 2.24) is 0 Å². The summed E-state index contributed by atoms with van der Waals surface area (Å²) < 4.78 is 1.66. The van der Waals surface area contributed by atoms with Crippen LogP contribution in [0.1, 0.15) is 15.9 Å². The zero-order chi connectivity index (χ0) is 13.8. The minimum atomic E-state index is -0.159. The molecule has 19 heavy (non-hydrogen) atoms. The van der Waals surface area contributed by atoms with Crippen LogP contribution in [0.25, 0.3) is 0 Å². The lowest BCUT2D eigenvalue weighted by molar-refractivity contribution is 0.102. The molecule has 2 aromatic rings. The molecule has 0 spiro atoms. The van der Waals surface area contributed by atoms with Gasteiger partial charge in [-0.1, -0.05) is 28.1 Å². The van der Waals surface area contributed by atoms with E-state index in [1.165, 1.54) is 0 Å². The van der Waals surface area contributed by atoms with E-state index in [9.17, 15) is 4.79 Å². The molecule has 0 fully saturated rings. The average molecular weight is 384 g/mol. The summed E-state index contributed by atoms with van der Waals surface area (Å²) in [5.41, 5.74) is 7.88. The van der Waals surface area contributed by atoms with Crippen molar-refractivity contribution in [3.8, 4) is 0 Å². The largest absolute Gasteiger partial charge is 0.326 e. The van der Waals surface area contributed by atoms with Crippen LogP contribution in [0.3, 0.4) is 0 Å². The maximum absolute atomic E-state index is 12.2. The summed E-state index contributed by atoms with van der Waals surface area (Å²) in [4.78, 5) is 12.2. The van der Waals surface area contributed by atoms with Gasteiger partial charge in [-0.25, -0.2) is 0 Å². The molecule has 3 nitrogen and oxygen atoms in total. The van der Waals surface area contributed by atoms with Crippen molar-refractivity contribution >= 4 is 43.5 Å². The van der Waals surface area contributed by atoms with Crippen LogP contribution in [0, 0.1) is 0 Å². The highest BCUT2D eigenvalue weighted by molar-refractivity contribution is 9.11. The molecule has 0 aliphatic carbocycles. The summed E-state index contributed by atoms with van der Waals surface area (Å²) in [5, 5.41) is 2.85. The highest BCUT2D eigenvalue weighted by Crippen LogP contribution is 2.23. The number of hydrogen-bond acceptors (Lipinski definition) is 2. The van der Waals surface area contributed by atoms with E-state index in [2.05, 4.69) is 37.2 Å². The second-order valence-electron chi connectivity index (χ2n) is 3.98. The zero-order valence-corrected chi connectivity index (χ0v) is 13.2. The van der Waals surface area contributed by atoms with Gasteiger partial charge in [-0.3, -0.25) is 4.79 Å². The number of hydrogen-bond donors (Lipinski definition) is 2. The Morgan fingerprint density at radius 3 is 2.63 bits per heavy atom. The number of nitrogens with one attached hydrogen (secondary N) is 1. The molecule has 0 atom stereocenters. The lowest BCUT2D eigenvalue weighted by Crippen LogP contribution is -2.12. The van der Waals surface area contributed by atoms with Gasteiger partial charge in [0.05, 0.1) is 5.56 Å². The van der Waals surface area contributed by atoms with Gasteiger partial charge < -0.3 is 11.1 Å². The smallest absolute Gasteiger partial charge is 0.256 e. The van der Waals surface area contributed by atoms with Gasteiger partial charge >= 0.3 is 0 Å². The first-order valence-electron chi connectivity index (χ1n) is 5.65. The first-order chi connectivity index (χ1) is 9.10. The van der Waals surface area contributed by atoms with Gasteiger partial charge in [-0.15, -0.1) is 0 Å². The average Bonchev–Trinajstić information content (AvgIpc) is 2.38. The number of nitrogens with two attached hydrogens (primary N) is 1. The number of carbonyl (C=O) groups is 1. The lowest BCUT2D eigenvalue weighted by atomic mass is 10.2. The van der Waals surface area contributed by atoms with Crippen LogP contribution in [-0.4, -0.2) is 5.91 Å². The Kier molecular flexibility index (Phi) is 4.74. The van der Waals surface area contributed by atoms with Gasteiger partial charge in [0.15, 0.2) is 0 Å². The molecule has 98 valence electrons. The number of benzene rings is 2. The molecule has 0 unspecified atom stereocenters. The van der Waals surface area contributed by atoms with Crippen molar-refractivity contribution in [2.24, 2.45) is 5.73 Å². The maximum atomic E-state index is 12.2. The van der Waals surface area contributed by atoms with Gasteiger partial charge in [0.25, 0.3) is 5.91 Å². The summed E-state index contributed by atoms with van der Waals surface area (Å²) in [6.07, 6.45) is 0. The number of amides is 1. The second-order valence-corrected chi connectivity index (χ2v) is 5.75. The molecule has 0 aliphatic rings. The predicted octanol–water partition coefficient (Wildman–Crippen LogP) is 3.92. The van der Waals surface area contributed by atoms with Gasteiger partial charge in [0.2, 0.25) is 0 Å². The highest BCUT2D eigenvalue weighted by Gasteiger charge is 2.10. The van der Waals surface area contributed by atoms with Gasteiger partial charge in [0, 0.05) is 21.2 Å². The van der Waals surface area contributed by atoms with Crippen molar-refractivity contribution in [3.05, 3.63) is 62.5 Å². The molecule has 2 rings (SSSR count). The van der Waals surface area contributed by atoms with E-state index in [1.807, 2.05) is 36.4 Å². The van der Waals surface area contributed by atoms with E-state index in [1.54, 1.807) is 6.07 Å². The summed E-state index contributed by atoms with van der Waals surface area (Å²) in [6, 6.07) is 12.9. The Morgan fingerprint density at radius 1 is 1.16 bits per heavy atom. The quantitative estimate of drug-likeness (QED) is 0.843. The fraction of sp³-hybridized carbons (Fsp3) is 0.0714. The van der Waals surface area contributed by atoms with Crippen LogP contribution in [0.4, 0.5) is 5.69 Å². The Morgan fingerprint density at radius 2 is 1.95 bits per heavy atom. The SMILES string of the molecule is NCc1cccc(NC(=O)c2ccc(Br)cc2Br)c1. The monoisotopic (exact) mass is 382 g/mol. The van der Waals surface area contributed by atoms with Crippen LogP contribution in [0.15, 0.2) is 51.4 Å². The minimum Gasteiger partial charge on any atom is -0.326 e. The van der Waals surface area contributed by atoms with Gasteiger partial charge in [-0.2, -0.15) is 0 Å². The summed E-state index contributed by atoms with van der Waals surface area (Å²) in [7, 11) is 0. The first kappa shape index (κ1) is 14.2. The standard InChI is InChI=1S/C14H12Br2N2O/c15-10-4-5-12(13(16)7-10)14(19)18-11-3-1-2-9(6-11)8-17/h1-7H,8,17H2,(H,18,19). The van der Waals surface area contributed by atoms with Gasteiger partial charge in [0.1, 0.15) is 0 Å². The Balaban J connectivity index is 2.20. The highest BCUT2D eigenvalue weighted by atomic mass is 79.9. The zero-order valence-electron chi connectivity index (χ0n) is 9.99. The fourth-order valence-corrected chi connectivity index (χ4v) is 2.88. The molecule has 0 heterocycles. The predicted molar refractivity (Wildman–Crippen MR) is 84.1 cm³/mol. The van der Waals surface area contributed by atoms with Crippen molar-refractivity contribution in [2.45, 2.75) is 6.54 Å². The van der Waals surface area contributed by atoms with Crippen molar-refractivity contribution < 1.29 is 4.79 Å². The van der Waals surface area contributed by atoms with Gasteiger partial charge in [-0.05, 0) is 51.8 Å². The molecule has 1 amide bonds. The summed E-state index contributed by atoms with van der Waals surface area (Å²) >= 11 is 6.73. The summed E-state index contributed by atoms with van der Waals surface area (Å²) in [5.74, 6) is -0.159.